The molecule has 2 heterocycles. The lowest BCUT2D eigenvalue weighted by molar-refractivity contribution is -0.121. The molecule has 0 bridgehead atoms. The van der Waals surface area contributed by atoms with Gasteiger partial charge in [-0.25, -0.2) is 9.67 Å². The minimum Gasteiger partial charge on any atom is -0.356 e. The van der Waals surface area contributed by atoms with Gasteiger partial charge < -0.3 is 5.32 Å². The van der Waals surface area contributed by atoms with Crippen molar-refractivity contribution >= 4 is 16.9 Å². The Hall–Kier alpha value is -2.96. The molecule has 27 heavy (non-hydrogen) atoms. The average Bonchev–Trinajstić information content (AvgIpc) is 3.07. The summed E-state index contributed by atoms with van der Waals surface area (Å²) in [5.41, 5.74) is 1.31. The number of nitrogens with one attached hydrogen (secondary N) is 1. The van der Waals surface area contributed by atoms with E-state index in [0.29, 0.717) is 24.1 Å². The van der Waals surface area contributed by atoms with E-state index in [1.807, 2.05) is 51.1 Å². The Morgan fingerprint density at radius 2 is 1.93 bits per heavy atom. The highest BCUT2D eigenvalue weighted by molar-refractivity contribution is 5.76. The molecule has 0 aliphatic carbocycles. The molecule has 7 nitrogen and oxygen atoms in total. The van der Waals surface area contributed by atoms with E-state index in [-0.39, 0.29) is 23.4 Å². The van der Waals surface area contributed by atoms with E-state index in [4.69, 9.17) is 0 Å². The van der Waals surface area contributed by atoms with Gasteiger partial charge in [0.05, 0.1) is 18.1 Å². The Morgan fingerprint density at radius 1 is 1.19 bits per heavy atom. The molecular weight excluding hydrogens is 342 g/mol. The highest BCUT2D eigenvalue weighted by Crippen LogP contribution is 2.17. The maximum absolute atomic E-state index is 12.6. The molecule has 0 atom stereocenters. The second-order valence-electron chi connectivity index (χ2n) is 7.54. The first-order chi connectivity index (χ1) is 12.9. The molecule has 0 radical (unpaired) electrons. The fourth-order valence-corrected chi connectivity index (χ4v) is 2.90. The Bertz CT molecular complexity index is 983. The van der Waals surface area contributed by atoms with Gasteiger partial charge in [-0.15, -0.1) is 0 Å². The molecule has 0 spiro atoms. The summed E-state index contributed by atoms with van der Waals surface area (Å²) >= 11 is 0. The molecule has 3 rings (SSSR count). The molecule has 1 aromatic carbocycles. The van der Waals surface area contributed by atoms with Gasteiger partial charge in [-0.3, -0.25) is 14.2 Å². The summed E-state index contributed by atoms with van der Waals surface area (Å²) in [7, 11) is 0. The van der Waals surface area contributed by atoms with Gasteiger partial charge in [-0.05, 0) is 32.8 Å². The summed E-state index contributed by atoms with van der Waals surface area (Å²) in [6.45, 7) is 6.89. The number of carbonyl (C=O) groups excluding carboxylic acids is 1. The zero-order valence-electron chi connectivity index (χ0n) is 16.0. The summed E-state index contributed by atoms with van der Waals surface area (Å²) in [6.07, 6.45) is 4.06. The fourth-order valence-electron chi connectivity index (χ4n) is 2.90. The van der Waals surface area contributed by atoms with E-state index < -0.39 is 0 Å². The fraction of sp³-hybridized carbons (Fsp3) is 0.400. The average molecular weight is 367 g/mol. The molecule has 142 valence electrons. The zero-order valence-corrected chi connectivity index (χ0v) is 16.0. The van der Waals surface area contributed by atoms with Gasteiger partial charge >= 0.3 is 0 Å². The number of nitrogens with zero attached hydrogens (tertiary/aromatic N) is 4. The van der Waals surface area contributed by atoms with Crippen molar-refractivity contribution in [3.63, 3.8) is 0 Å². The van der Waals surface area contributed by atoms with Crippen LogP contribution in [0.3, 0.4) is 0 Å². The summed E-state index contributed by atoms with van der Waals surface area (Å²) < 4.78 is 3.21. The monoisotopic (exact) mass is 367 g/mol. The van der Waals surface area contributed by atoms with Crippen LogP contribution in [0.2, 0.25) is 0 Å². The van der Waals surface area contributed by atoms with Gasteiger partial charge in [0.25, 0.3) is 5.56 Å². The number of aryl methyl sites for hydroxylation is 1. The molecule has 0 aliphatic rings. The molecule has 0 aliphatic heterocycles. The van der Waals surface area contributed by atoms with E-state index in [1.165, 1.54) is 16.5 Å². The highest BCUT2D eigenvalue weighted by Gasteiger charge is 2.19. The van der Waals surface area contributed by atoms with Crippen molar-refractivity contribution in [1.82, 2.24) is 24.6 Å². The van der Waals surface area contributed by atoms with Crippen LogP contribution in [0, 0.1) is 0 Å². The summed E-state index contributed by atoms with van der Waals surface area (Å²) in [5, 5.41) is 7.65. The molecule has 7 heteroatoms. The van der Waals surface area contributed by atoms with Gasteiger partial charge in [0.1, 0.15) is 5.39 Å². The van der Waals surface area contributed by atoms with Crippen LogP contribution in [0.4, 0.5) is 0 Å². The number of amides is 1. The minimum absolute atomic E-state index is 0.0803. The lowest BCUT2D eigenvalue weighted by atomic mass is 10.1. The Balaban J connectivity index is 1.59. The number of rotatable bonds is 6. The molecule has 0 fully saturated rings. The van der Waals surface area contributed by atoms with Gasteiger partial charge in [-0.2, -0.15) is 5.10 Å². The first-order valence-electron chi connectivity index (χ1n) is 9.10. The Labute approximate surface area is 158 Å². The number of fused-ring (bicyclic) bond motifs is 1. The molecule has 1 N–H and O–H groups in total. The number of hydrogen-bond donors (Lipinski definition) is 1. The maximum atomic E-state index is 12.6. The lowest BCUT2D eigenvalue weighted by Gasteiger charge is -2.19. The largest absolute Gasteiger partial charge is 0.356 e. The SMILES string of the molecule is CC(C)(C)n1ncc2c(=O)n(CCC(=O)NCCc3ccccc3)cnc21. The number of benzene rings is 1. The van der Waals surface area contributed by atoms with Crippen LogP contribution in [0.15, 0.2) is 47.7 Å². The molecule has 2 aromatic heterocycles. The number of aromatic nitrogens is 4. The standard InChI is InChI=1S/C20H25N5O2/c1-20(2,3)25-18-16(13-23-25)19(27)24(14-22-18)12-10-17(26)21-11-9-15-7-5-4-6-8-15/h4-8,13-14H,9-12H2,1-3H3,(H,21,26). The third-order valence-electron chi connectivity index (χ3n) is 4.35. The van der Waals surface area contributed by atoms with Crippen molar-refractivity contribution in [2.24, 2.45) is 0 Å². The molecule has 1 amide bonds. The second kappa shape index (κ2) is 7.73. The topological polar surface area (TPSA) is 81.8 Å². The molecular formula is C20H25N5O2. The molecule has 0 unspecified atom stereocenters. The lowest BCUT2D eigenvalue weighted by Crippen LogP contribution is -2.29. The highest BCUT2D eigenvalue weighted by atomic mass is 16.1. The van der Waals surface area contributed by atoms with Crippen molar-refractivity contribution in [2.75, 3.05) is 6.54 Å². The van der Waals surface area contributed by atoms with Crippen LogP contribution >= 0.6 is 0 Å². The van der Waals surface area contributed by atoms with Crippen LogP contribution in [-0.2, 0) is 23.3 Å². The van der Waals surface area contributed by atoms with E-state index >= 15 is 0 Å². The van der Waals surface area contributed by atoms with Gasteiger partial charge in [0, 0.05) is 19.5 Å². The quantitative estimate of drug-likeness (QED) is 0.723. The third-order valence-corrected chi connectivity index (χ3v) is 4.35. The van der Waals surface area contributed by atoms with Crippen molar-refractivity contribution in [3.8, 4) is 0 Å². The normalized spacial score (nSPS) is 11.7. The van der Waals surface area contributed by atoms with Crippen molar-refractivity contribution in [1.29, 1.82) is 0 Å². The van der Waals surface area contributed by atoms with E-state index in [2.05, 4.69) is 15.4 Å². The third kappa shape index (κ3) is 4.42. The smallest absolute Gasteiger partial charge is 0.264 e. The zero-order chi connectivity index (χ0) is 19.4. The predicted octanol–water partition coefficient (Wildman–Crippen LogP) is 2.10. The number of hydrogen-bond acceptors (Lipinski definition) is 4. The number of carbonyl (C=O) groups is 1. The Morgan fingerprint density at radius 3 is 2.63 bits per heavy atom. The van der Waals surface area contributed by atoms with E-state index in [1.54, 1.807) is 10.9 Å². The molecule has 0 saturated carbocycles. The van der Waals surface area contributed by atoms with E-state index in [9.17, 15) is 9.59 Å². The predicted molar refractivity (Wildman–Crippen MR) is 105 cm³/mol. The maximum Gasteiger partial charge on any atom is 0.264 e. The van der Waals surface area contributed by atoms with Gasteiger partial charge in [-0.1, -0.05) is 30.3 Å². The van der Waals surface area contributed by atoms with Gasteiger partial charge in [0.2, 0.25) is 5.91 Å². The summed E-state index contributed by atoms with van der Waals surface area (Å²) in [4.78, 5) is 29.1. The minimum atomic E-state index is -0.258. The van der Waals surface area contributed by atoms with Crippen molar-refractivity contribution in [2.45, 2.75) is 45.7 Å². The molecule has 3 aromatic rings. The second-order valence-corrected chi connectivity index (χ2v) is 7.54. The van der Waals surface area contributed by atoms with Crippen molar-refractivity contribution in [3.05, 3.63) is 58.8 Å². The Kier molecular flexibility index (Phi) is 5.39. The first-order valence-corrected chi connectivity index (χ1v) is 9.10. The van der Waals surface area contributed by atoms with Crippen LogP contribution in [-0.4, -0.2) is 31.8 Å². The van der Waals surface area contributed by atoms with Crippen LogP contribution < -0.4 is 10.9 Å². The summed E-state index contributed by atoms with van der Waals surface area (Å²) in [5.74, 6) is -0.0803. The molecule has 0 saturated heterocycles. The summed E-state index contributed by atoms with van der Waals surface area (Å²) in [6, 6.07) is 9.99. The van der Waals surface area contributed by atoms with Gasteiger partial charge in [0.15, 0.2) is 5.65 Å². The van der Waals surface area contributed by atoms with Crippen LogP contribution in [0.1, 0.15) is 32.8 Å². The van der Waals surface area contributed by atoms with Crippen LogP contribution in [0.25, 0.3) is 11.0 Å². The van der Waals surface area contributed by atoms with Crippen molar-refractivity contribution < 1.29 is 4.79 Å². The first kappa shape index (κ1) is 18.8. The van der Waals surface area contributed by atoms with E-state index in [0.717, 1.165) is 6.42 Å². The van der Waals surface area contributed by atoms with Crippen LogP contribution in [0.5, 0.6) is 0 Å².